The van der Waals surface area contributed by atoms with Crippen LogP contribution in [0, 0.1) is 5.92 Å². The molecule has 0 aliphatic carbocycles. The van der Waals surface area contributed by atoms with Crippen molar-refractivity contribution in [2.45, 2.75) is 39.1 Å². The predicted molar refractivity (Wildman–Crippen MR) is 72.5 cm³/mol. The Balaban J connectivity index is 2.34. The molecule has 0 aromatic heterocycles. The lowest BCUT2D eigenvalue weighted by Gasteiger charge is -2.20. The third-order valence-corrected chi connectivity index (χ3v) is 3.10. The summed E-state index contributed by atoms with van der Waals surface area (Å²) in [5.74, 6) is -0.935. The number of hydrogen-bond donors (Lipinski definition) is 1. The van der Waals surface area contributed by atoms with Gasteiger partial charge in [-0.1, -0.05) is 30.3 Å². The van der Waals surface area contributed by atoms with Gasteiger partial charge in [-0.05, 0) is 19.4 Å². The molecule has 0 saturated carbocycles. The molecule has 0 heterocycles. The molecule has 106 valence electrons. The first-order valence-electron chi connectivity index (χ1n) is 6.46. The van der Waals surface area contributed by atoms with Crippen molar-refractivity contribution in [1.29, 1.82) is 0 Å². The summed E-state index contributed by atoms with van der Waals surface area (Å²) < 4.78 is 10.3. The maximum absolute atomic E-state index is 11.3. The molecule has 4 nitrogen and oxygen atoms in total. The van der Waals surface area contributed by atoms with Crippen molar-refractivity contribution in [2.24, 2.45) is 5.92 Å². The SMILES string of the molecule is COC(=O)[C@@H](C)[C@H](O)C[C@H](C)OCc1ccccc1. The number of aliphatic hydroxyl groups excluding tert-OH is 1. The largest absolute Gasteiger partial charge is 0.469 e. The van der Waals surface area contributed by atoms with Crippen LogP contribution in [0.25, 0.3) is 0 Å². The molecule has 0 aliphatic heterocycles. The summed E-state index contributed by atoms with van der Waals surface area (Å²) in [6, 6.07) is 9.84. The van der Waals surface area contributed by atoms with Gasteiger partial charge in [0.05, 0.1) is 31.8 Å². The third-order valence-electron chi connectivity index (χ3n) is 3.10. The molecule has 0 saturated heterocycles. The number of carbonyl (C=O) groups excluding carboxylic acids is 1. The average Bonchev–Trinajstić information content (AvgIpc) is 2.44. The van der Waals surface area contributed by atoms with Gasteiger partial charge >= 0.3 is 5.97 Å². The van der Waals surface area contributed by atoms with E-state index >= 15 is 0 Å². The number of methoxy groups -OCH3 is 1. The lowest BCUT2D eigenvalue weighted by atomic mass is 10.00. The molecule has 1 aromatic rings. The molecule has 0 amide bonds. The summed E-state index contributed by atoms with van der Waals surface area (Å²) in [5.41, 5.74) is 1.09. The number of hydrogen-bond acceptors (Lipinski definition) is 4. The van der Waals surface area contributed by atoms with E-state index in [0.717, 1.165) is 5.56 Å². The van der Waals surface area contributed by atoms with Gasteiger partial charge in [0.15, 0.2) is 0 Å². The second kappa shape index (κ2) is 7.92. The Bertz CT molecular complexity index is 377. The Morgan fingerprint density at radius 3 is 2.47 bits per heavy atom. The highest BCUT2D eigenvalue weighted by atomic mass is 16.5. The number of ether oxygens (including phenoxy) is 2. The standard InChI is InChI=1S/C15H22O4/c1-11(9-14(16)12(2)15(17)18-3)19-10-13-7-5-4-6-8-13/h4-8,11-12,14,16H,9-10H2,1-3H3/t11-,12-,14+/m0/s1. The maximum atomic E-state index is 11.3. The summed E-state index contributed by atoms with van der Waals surface area (Å²) in [6.07, 6.45) is -0.469. The predicted octanol–water partition coefficient (Wildman–Crippen LogP) is 2.15. The van der Waals surface area contributed by atoms with Crippen LogP contribution in [-0.2, 0) is 20.9 Å². The monoisotopic (exact) mass is 266 g/mol. The summed E-state index contributed by atoms with van der Waals surface area (Å²) >= 11 is 0. The Hall–Kier alpha value is -1.39. The van der Waals surface area contributed by atoms with Gasteiger partial charge in [0.1, 0.15) is 0 Å². The van der Waals surface area contributed by atoms with Gasteiger partial charge in [0.25, 0.3) is 0 Å². The minimum atomic E-state index is -0.752. The van der Waals surface area contributed by atoms with E-state index in [9.17, 15) is 9.90 Å². The van der Waals surface area contributed by atoms with Crippen molar-refractivity contribution in [3.8, 4) is 0 Å². The lowest BCUT2D eigenvalue weighted by Crippen LogP contribution is -2.30. The Morgan fingerprint density at radius 1 is 1.26 bits per heavy atom. The highest BCUT2D eigenvalue weighted by molar-refractivity contribution is 5.72. The molecule has 4 heteroatoms. The van der Waals surface area contributed by atoms with Crippen molar-refractivity contribution in [1.82, 2.24) is 0 Å². The van der Waals surface area contributed by atoms with E-state index in [1.54, 1.807) is 6.92 Å². The molecule has 19 heavy (non-hydrogen) atoms. The topological polar surface area (TPSA) is 55.8 Å². The zero-order valence-corrected chi connectivity index (χ0v) is 11.7. The maximum Gasteiger partial charge on any atom is 0.311 e. The van der Waals surface area contributed by atoms with Gasteiger partial charge in [-0.3, -0.25) is 4.79 Å². The molecule has 1 N–H and O–H groups in total. The van der Waals surface area contributed by atoms with Crippen molar-refractivity contribution in [3.05, 3.63) is 35.9 Å². The first-order valence-corrected chi connectivity index (χ1v) is 6.46. The number of carbonyl (C=O) groups is 1. The zero-order chi connectivity index (χ0) is 14.3. The highest BCUT2D eigenvalue weighted by Gasteiger charge is 2.24. The van der Waals surface area contributed by atoms with Crippen molar-refractivity contribution in [3.63, 3.8) is 0 Å². The first-order chi connectivity index (χ1) is 9.04. The molecule has 0 radical (unpaired) electrons. The van der Waals surface area contributed by atoms with E-state index in [1.807, 2.05) is 37.3 Å². The third kappa shape index (κ3) is 5.41. The number of benzene rings is 1. The average molecular weight is 266 g/mol. The fourth-order valence-electron chi connectivity index (χ4n) is 1.77. The first kappa shape index (κ1) is 15.7. The van der Waals surface area contributed by atoms with Gasteiger partial charge < -0.3 is 14.6 Å². The fourth-order valence-corrected chi connectivity index (χ4v) is 1.77. The molecule has 0 unspecified atom stereocenters. The summed E-state index contributed by atoms with van der Waals surface area (Å²) in [4.78, 5) is 11.3. The molecule has 0 fully saturated rings. The van der Waals surface area contributed by atoms with Gasteiger partial charge in [-0.25, -0.2) is 0 Å². The van der Waals surface area contributed by atoms with E-state index in [0.29, 0.717) is 13.0 Å². The number of aliphatic hydroxyl groups is 1. The smallest absolute Gasteiger partial charge is 0.311 e. The van der Waals surface area contributed by atoms with Crippen molar-refractivity contribution >= 4 is 5.97 Å². The van der Waals surface area contributed by atoms with Crippen LogP contribution in [0.1, 0.15) is 25.8 Å². The molecule has 3 atom stereocenters. The van der Waals surface area contributed by atoms with E-state index in [2.05, 4.69) is 4.74 Å². The van der Waals surface area contributed by atoms with Crippen molar-refractivity contribution < 1.29 is 19.4 Å². The van der Waals surface area contributed by atoms with Crippen LogP contribution < -0.4 is 0 Å². The van der Waals surface area contributed by atoms with Crippen LogP contribution in [-0.4, -0.2) is 30.4 Å². The summed E-state index contributed by atoms with van der Waals surface area (Å²) in [5, 5.41) is 9.91. The molecule has 0 bridgehead atoms. The molecule has 0 spiro atoms. The Morgan fingerprint density at radius 2 is 1.89 bits per heavy atom. The summed E-state index contributed by atoms with van der Waals surface area (Å²) in [6.45, 7) is 4.04. The quantitative estimate of drug-likeness (QED) is 0.768. The van der Waals surface area contributed by atoms with Gasteiger partial charge in [0, 0.05) is 6.42 Å². The highest BCUT2D eigenvalue weighted by Crippen LogP contribution is 2.14. The summed E-state index contributed by atoms with van der Waals surface area (Å²) in [7, 11) is 1.32. The van der Waals surface area contributed by atoms with Crippen molar-refractivity contribution in [2.75, 3.05) is 7.11 Å². The van der Waals surface area contributed by atoms with E-state index in [-0.39, 0.29) is 6.10 Å². The lowest BCUT2D eigenvalue weighted by molar-refractivity contribution is -0.149. The Kier molecular flexibility index (Phi) is 6.53. The zero-order valence-electron chi connectivity index (χ0n) is 11.7. The van der Waals surface area contributed by atoms with Crippen LogP contribution in [0.2, 0.25) is 0 Å². The molecular weight excluding hydrogens is 244 g/mol. The molecule has 1 rings (SSSR count). The second-order valence-electron chi connectivity index (χ2n) is 4.72. The molecule has 0 aliphatic rings. The van der Waals surface area contributed by atoms with Gasteiger partial charge in [0.2, 0.25) is 0 Å². The van der Waals surface area contributed by atoms with E-state index in [1.165, 1.54) is 7.11 Å². The minimum absolute atomic E-state index is 0.123. The van der Waals surface area contributed by atoms with Crippen LogP contribution in [0.3, 0.4) is 0 Å². The van der Waals surface area contributed by atoms with Crippen LogP contribution in [0.5, 0.6) is 0 Å². The van der Waals surface area contributed by atoms with Gasteiger partial charge in [-0.15, -0.1) is 0 Å². The number of esters is 1. The fraction of sp³-hybridized carbons (Fsp3) is 0.533. The Labute approximate surface area is 114 Å². The van der Waals surface area contributed by atoms with E-state index in [4.69, 9.17) is 4.74 Å². The van der Waals surface area contributed by atoms with Gasteiger partial charge in [-0.2, -0.15) is 0 Å². The number of rotatable bonds is 7. The van der Waals surface area contributed by atoms with Crippen LogP contribution in [0.4, 0.5) is 0 Å². The van der Waals surface area contributed by atoms with E-state index < -0.39 is 18.0 Å². The van der Waals surface area contributed by atoms with Crippen LogP contribution >= 0.6 is 0 Å². The minimum Gasteiger partial charge on any atom is -0.469 e. The molecule has 1 aromatic carbocycles. The van der Waals surface area contributed by atoms with Crippen LogP contribution in [0.15, 0.2) is 30.3 Å². The second-order valence-corrected chi connectivity index (χ2v) is 4.72. The normalized spacial score (nSPS) is 15.6. The molecular formula is C15H22O4.